The largest absolute Gasteiger partial charge is 0.462 e. The van der Waals surface area contributed by atoms with E-state index in [1.165, 1.54) is 0 Å². The molecule has 0 fully saturated rings. The molecule has 0 atom stereocenters. The second kappa shape index (κ2) is 6.60. The van der Waals surface area contributed by atoms with Crippen LogP contribution in [0.3, 0.4) is 0 Å². The summed E-state index contributed by atoms with van der Waals surface area (Å²) in [6.45, 7) is 4.24. The number of nitrogens with zero attached hydrogens (tertiary/aromatic N) is 3. The maximum absolute atomic E-state index is 12.1. The smallest absolute Gasteiger partial charge is 0.341 e. The maximum Gasteiger partial charge on any atom is 0.341 e. The fourth-order valence-electron chi connectivity index (χ4n) is 2.65. The number of carbonyl (C=O) groups excluding carboxylic acids is 1. The number of benzene rings is 1. The van der Waals surface area contributed by atoms with Crippen molar-refractivity contribution in [2.45, 2.75) is 26.7 Å². The van der Waals surface area contributed by atoms with Crippen LogP contribution in [0, 0.1) is 0 Å². The van der Waals surface area contributed by atoms with E-state index in [1.54, 1.807) is 19.3 Å². The molecule has 0 radical (unpaired) electrons. The van der Waals surface area contributed by atoms with E-state index < -0.39 is 0 Å². The highest BCUT2D eigenvalue weighted by molar-refractivity contribution is 5.90. The van der Waals surface area contributed by atoms with Crippen molar-refractivity contribution in [1.29, 1.82) is 0 Å². The molecular formula is C18H19N3O2. The molecule has 3 aromatic rings. The van der Waals surface area contributed by atoms with Crippen LogP contribution in [0.4, 0.5) is 0 Å². The molecule has 0 aliphatic heterocycles. The molecule has 118 valence electrons. The molecule has 23 heavy (non-hydrogen) atoms. The van der Waals surface area contributed by atoms with E-state index in [9.17, 15) is 4.79 Å². The van der Waals surface area contributed by atoms with Crippen LogP contribution in [0.15, 0.2) is 42.7 Å². The third-order valence-corrected chi connectivity index (χ3v) is 3.68. The molecule has 0 aliphatic carbocycles. The normalized spacial score (nSPS) is 10.9. The summed E-state index contributed by atoms with van der Waals surface area (Å²) < 4.78 is 6.95. The number of ether oxygens (including phenoxy) is 1. The lowest BCUT2D eigenvalue weighted by Gasteiger charge is -2.09. The zero-order valence-corrected chi connectivity index (χ0v) is 13.3. The highest BCUT2D eigenvalue weighted by Crippen LogP contribution is 2.21. The third kappa shape index (κ3) is 2.95. The van der Waals surface area contributed by atoms with E-state index in [0.717, 1.165) is 35.1 Å². The molecule has 5 heteroatoms. The Morgan fingerprint density at radius 1 is 1.26 bits per heavy atom. The summed E-state index contributed by atoms with van der Waals surface area (Å²) in [5.41, 5.74) is 3.28. The standard InChI is InChI=1S/C18H19N3O2/c1-3-6-17-15(18(22)23-4-2)12-20-21(17)14-8-9-16-13(11-14)7-5-10-19-16/h5,7-12H,3-4,6H2,1-2H3. The number of rotatable bonds is 5. The van der Waals surface area contributed by atoms with E-state index in [-0.39, 0.29) is 5.97 Å². The Bertz CT molecular complexity index is 839. The summed E-state index contributed by atoms with van der Waals surface area (Å²) in [5, 5.41) is 5.45. The van der Waals surface area contributed by atoms with Crippen molar-refractivity contribution >= 4 is 16.9 Å². The fourth-order valence-corrected chi connectivity index (χ4v) is 2.65. The molecule has 2 heterocycles. The van der Waals surface area contributed by atoms with Gasteiger partial charge in [0, 0.05) is 11.6 Å². The van der Waals surface area contributed by atoms with Gasteiger partial charge >= 0.3 is 5.97 Å². The highest BCUT2D eigenvalue weighted by atomic mass is 16.5. The van der Waals surface area contributed by atoms with E-state index >= 15 is 0 Å². The van der Waals surface area contributed by atoms with Gasteiger partial charge in [-0.15, -0.1) is 0 Å². The van der Waals surface area contributed by atoms with Gasteiger partial charge in [0.15, 0.2) is 0 Å². The van der Waals surface area contributed by atoms with Gasteiger partial charge in [0.2, 0.25) is 0 Å². The number of aromatic nitrogens is 3. The van der Waals surface area contributed by atoms with E-state index in [0.29, 0.717) is 12.2 Å². The lowest BCUT2D eigenvalue weighted by molar-refractivity contribution is 0.0525. The molecule has 0 saturated heterocycles. The lowest BCUT2D eigenvalue weighted by atomic mass is 10.1. The number of fused-ring (bicyclic) bond motifs is 1. The predicted octanol–water partition coefficient (Wildman–Crippen LogP) is 3.55. The summed E-state index contributed by atoms with van der Waals surface area (Å²) in [4.78, 5) is 16.4. The van der Waals surface area contributed by atoms with Crippen LogP contribution in [0.5, 0.6) is 0 Å². The van der Waals surface area contributed by atoms with Gasteiger partial charge < -0.3 is 4.74 Å². The van der Waals surface area contributed by atoms with Crippen LogP contribution in [0.2, 0.25) is 0 Å². The quantitative estimate of drug-likeness (QED) is 0.676. The molecule has 5 nitrogen and oxygen atoms in total. The summed E-state index contributed by atoms with van der Waals surface area (Å²) in [6.07, 6.45) is 5.06. The van der Waals surface area contributed by atoms with Crippen LogP contribution in [-0.4, -0.2) is 27.3 Å². The minimum atomic E-state index is -0.315. The zero-order valence-electron chi connectivity index (χ0n) is 13.3. The van der Waals surface area contributed by atoms with E-state index in [1.807, 2.05) is 35.0 Å². The zero-order chi connectivity index (χ0) is 16.2. The van der Waals surface area contributed by atoms with Gasteiger partial charge in [0.05, 0.1) is 29.7 Å². The molecule has 1 aromatic carbocycles. The molecule has 0 bridgehead atoms. The average molecular weight is 309 g/mol. The van der Waals surface area contributed by atoms with Crippen LogP contribution in [-0.2, 0) is 11.2 Å². The fraction of sp³-hybridized carbons (Fsp3) is 0.278. The molecule has 0 N–H and O–H groups in total. The third-order valence-electron chi connectivity index (χ3n) is 3.68. The Morgan fingerprint density at radius 3 is 2.91 bits per heavy atom. The van der Waals surface area contributed by atoms with Gasteiger partial charge in [-0.1, -0.05) is 19.4 Å². The van der Waals surface area contributed by atoms with Crippen molar-refractivity contribution in [3.8, 4) is 5.69 Å². The Labute approximate surface area is 134 Å². The molecular weight excluding hydrogens is 290 g/mol. The maximum atomic E-state index is 12.1. The average Bonchev–Trinajstić information content (AvgIpc) is 2.99. The molecule has 2 aromatic heterocycles. The summed E-state index contributed by atoms with van der Waals surface area (Å²) in [5.74, 6) is -0.315. The van der Waals surface area contributed by atoms with E-state index in [4.69, 9.17) is 4.74 Å². The Kier molecular flexibility index (Phi) is 4.37. The van der Waals surface area contributed by atoms with Gasteiger partial charge in [0.1, 0.15) is 5.56 Å². The number of hydrogen-bond donors (Lipinski definition) is 0. The molecule has 0 saturated carbocycles. The van der Waals surface area contributed by atoms with Crippen molar-refractivity contribution < 1.29 is 9.53 Å². The van der Waals surface area contributed by atoms with Crippen molar-refractivity contribution in [2.24, 2.45) is 0 Å². The highest BCUT2D eigenvalue weighted by Gasteiger charge is 2.18. The minimum absolute atomic E-state index is 0.315. The summed E-state index contributed by atoms with van der Waals surface area (Å²) in [7, 11) is 0. The minimum Gasteiger partial charge on any atom is -0.462 e. The molecule has 0 amide bonds. The predicted molar refractivity (Wildman–Crippen MR) is 88.8 cm³/mol. The van der Waals surface area contributed by atoms with Gasteiger partial charge in [-0.2, -0.15) is 5.10 Å². The lowest BCUT2D eigenvalue weighted by Crippen LogP contribution is -2.09. The first-order chi connectivity index (χ1) is 11.2. The number of esters is 1. The second-order valence-corrected chi connectivity index (χ2v) is 5.27. The topological polar surface area (TPSA) is 57.0 Å². The van der Waals surface area contributed by atoms with Crippen molar-refractivity contribution in [3.63, 3.8) is 0 Å². The van der Waals surface area contributed by atoms with Gasteiger partial charge in [0.25, 0.3) is 0 Å². The molecule has 0 spiro atoms. The van der Waals surface area contributed by atoms with Crippen molar-refractivity contribution in [2.75, 3.05) is 6.61 Å². The Morgan fingerprint density at radius 2 is 2.13 bits per heavy atom. The van der Waals surface area contributed by atoms with E-state index in [2.05, 4.69) is 17.0 Å². The molecule has 0 unspecified atom stereocenters. The van der Waals surface area contributed by atoms with Crippen molar-refractivity contribution in [3.05, 3.63) is 54.0 Å². The van der Waals surface area contributed by atoms with Crippen LogP contribution < -0.4 is 0 Å². The first kappa shape index (κ1) is 15.2. The first-order valence-corrected chi connectivity index (χ1v) is 7.83. The number of carbonyl (C=O) groups is 1. The monoisotopic (exact) mass is 309 g/mol. The first-order valence-electron chi connectivity index (χ1n) is 7.83. The van der Waals surface area contributed by atoms with Crippen LogP contribution in [0.25, 0.3) is 16.6 Å². The van der Waals surface area contributed by atoms with Gasteiger partial charge in [-0.25, -0.2) is 9.48 Å². The molecule has 0 aliphatic rings. The van der Waals surface area contributed by atoms with Gasteiger partial charge in [-0.05, 0) is 37.6 Å². The second-order valence-electron chi connectivity index (χ2n) is 5.27. The Hall–Kier alpha value is -2.69. The van der Waals surface area contributed by atoms with Crippen molar-refractivity contribution in [1.82, 2.24) is 14.8 Å². The Balaban J connectivity index is 2.08. The SMILES string of the molecule is CCCc1c(C(=O)OCC)cnn1-c1ccc2ncccc2c1. The van der Waals surface area contributed by atoms with Gasteiger partial charge in [-0.3, -0.25) is 4.98 Å². The molecule has 3 rings (SSSR count). The summed E-state index contributed by atoms with van der Waals surface area (Å²) >= 11 is 0. The number of pyridine rings is 1. The number of hydrogen-bond acceptors (Lipinski definition) is 4. The van der Waals surface area contributed by atoms with Crippen LogP contribution in [0.1, 0.15) is 36.3 Å². The summed E-state index contributed by atoms with van der Waals surface area (Å²) in [6, 6.07) is 9.89. The van der Waals surface area contributed by atoms with Crippen LogP contribution >= 0.6 is 0 Å².